The fourth-order valence-electron chi connectivity index (χ4n) is 4.22. The number of amides is 1. The molecule has 1 aromatic heterocycles. The van der Waals surface area contributed by atoms with Crippen LogP contribution in [0.25, 0.3) is 11.4 Å². The molecule has 1 amide bonds. The molecule has 1 aliphatic rings. The molecule has 2 aromatic carbocycles. The minimum absolute atomic E-state index is 0.0116. The average Bonchev–Trinajstić information content (AvgIpc) is 3.31. The molecule has 1 N–H and O–H groups in total. The zero-order valence-electron chi connectivity index (χ0n) is 19.0. The highest BCUT2D eigenvalue weighted by atomic mass is 79.9. The number of ether oxygens (including phenoxy) is 1. The van der Waals surface area contributed by atoms with Gasteiger partial charge in [-0.25, -0.2) is 0 Å². The van der Waals surface area contributed by atoms with E-state index < -0.39 is 0 Å². The normalized spacial score (nSPS) is 17.5. The van der Waals surface area contributed by atoms with Crippen LogP contribution < -0.4 is 10.1 Å². The zero-order valence-corrected chi connectivity index (χ0v) is 20.5. The minimum Gasteiger partial charge on any atom is -0.497 e. The summed E-state index contributed by atoms with van der Waals surface area (Å²) in [5.41, 5.74) is 1.99. The van der Waals surface area contributed by atoms with E-state index in [-0.39, 0.29) is 17.9 Å². The molecule has 7 nitrogen and oxygen atoms in total. The van der Waals surface area contributed by atoms with E-state index in [1.54, 1.807) is 7.11 Å². The molecule has 2 atom stereocenters. The van der Waals surface area contributed by atoms with Crippen LogP contribution in [0.2, 0.25) is 0 Å². The molecule has 2 unspecified atom stereocenters. The monoisotopic (exact) mass is 512 g/mol. The van der Waals surface area contributed by atoms with Crippen LogP contribution in [-0.2, 0) is 11.3 Å². The summed E-state index contributed by atoms with van der Waals surface area (Å²) in [6.45, 7) is 4.22. The standard InChI is InChI=1S/C25H29BrN4O3/c1-3-22(17-9-11-21(32-2)12-10-17)27-25(31)19-7-5-13-30(15-19)16-23-28-24(29-33-23)18-6-4-8-20(26)14-18/h4,6,8-12,14,19,22H,3,5,7,13,15-16H2,1-2H3,(H,27,31). The number of hydrogen-bond acceptors (Lipinski definition) is 6. The van der Waals surface area contributed by atoms with E-state index in [2.05, 4.69) is 43.2 Å². The van der Waals surface area contributed by atoms with Crippen LogP contribution in [0.15, 0.2) is 57.5 Å². The van der Waals surface area contributed by atoms with Crippen molar-refractivity contribution < 1.29 is 14.1 Å². The summed E-state index contributed by atoms with van der Waals surface area (Å²) in [6.07, 6.45) is 2.67. The van der Waals surface area contributed by atoms with Crippen LogP contribution in [0, 0.1) is 5.92 Å². The molecular formula is C25H29BrN4O3. The Morgan fingerprint density at radius 1 is 1.30 bits per heavy atom. The number of carbonyl (C=O) groups is 1. The molecule has 8 heteroatoms. The third-order valence-corrected chi connectivity index (χ3v) is 6.52. The molecule has 2 heterocycles. The molecule has 0 bridgehead atoms. The van der Waals surface area contributed by atoms with Crippen LogP contribution in [0.3, 0.4) is 0 Å². The van der Waals surface area contributed by atoms with Crippen molar-refractivity contribution in [2.75, 3.05) is 20.2 Å². The number of halogens is 1. The molecule has 1 aliphatic heterocycles. The number of benzene rings is 2. The van der Waals surface area contributed by atoms with Crippen molar-refractivity contribution in [3.63, 3.8) is 0 Å². The Morgan fingerprint density at radius 3 is 2.85 bits per heavy atom. The number of carbonyl (C=O) groups excluding carboxylic acids is 1. The highest BCUT2D eigenvalue weighted by molar-refractivity contribution is 9.10. The van der Waals surface area contributed by atoms with Gasteiger partial charge in [0.05, 0.1) is 25.6 Å². The molecule has 1 fully saturated rings. The SMILES string of the molecule is CCC(NC(=O)C1CCCN(Cc2nc(-c3cccc(Br)c3)no2)C1)c1ccc(OC)cc1. The zero-order chi connectivity index (χ0) is 23.2. The van der Waals surface area contributed by atoms with Crippen LogP contribution in [-0.4, -0.2) is 41.1 Å². The second kappa shape index (κ2) is 10.9. The van der Waals surface area contributed by atoms with Crippen molar-refractivity contribution in [2.24, 2.45) is 5.92 Å². The van der Waals surface area contributed by atoms with Crippen molar-refractivity contribution in [3.8, 4) is 17.1 Å². The number of nitrogens with one attached hydrogen (secondary N) is 1. The molecule has 0 aliphatic carbocycles. The predicted molar refractivity (Wildman–Crippen MR) is 130 cm³/mol. The summed E-state index contributed by atoms with van der Waals surface area (Å²) in [6, 6.07) is 15.7. The van der Waals surface area contributed by atoms with Crippen molar-refractivity contribution in [1.82, 2.24) is 20.4 Å². The lowest BCUT2D eigenvalue weighted by molar-refractivity contribution is -0.127. The van der Waals surface area contributed by atoms with Gasteiger partial charge in [-0.05, 0) is 55.6 Å². The fourth-order valence-corrected chi connectivity index (χ4v) is 4.61. The second-order valence-corrected chi connectivity index (χ2v) is 9.25. The Labute approximate surface area is 202 Å². The number of aromatic nitrogens is 2. The first-order valence-electron chi connectivity index (χ1n) is 11.3. The summed E-state index contributed by atoms with van der Waals surface area (Å²) in [7, 11) is 1.65. The van der Waals surface area contributed by atoms with Crippen molar-refractivity contribution in [3.05, 3.63) is 64.5 Å². The molecule has 4 rings (SSSR count). The van der Waals surface area contributed by atoms with Gasteiger partial charge in [-0.15, -0.1) is 0 Å². The largest absolute Gasteiger partial charge is 0.497 e. The highest BCUT2D eigenvalue weighted by Gasteiger charge is 2.28. The summed E-state index contributed by atoms with van der Waals surface area (Å²) in [4.78, 5) is 19.8. The maximum Gasteiger partial charge on any atom is 0.241 e. The summed E-state index contributed by atoms with van der Waals surface area (Å²) < 4.78 is 11.7. The van der Waals surface area contributed by atoms with Gasteiger partial charge in [-0.3, -0.25) is 9.69 Å². The average molecular weight is 513 g/mol. The Balaban J connectivity index is 1.35. The number of nitrogens with zero attached hydrogens (tertiary/aromatic N) is 3. The van der Waals surface area contributed by atoms with Gasteiger partial charge in [-0.1, -0.05) is 52.3 Å². The Kier molecular flexibility index (Phi) is 7.77. The third kappa shape index (κ3) is 6.00. The van der Waals surface area contributed by atoms with Gasteiger partial charge in [0.15, 0.2) is 0 Å². The number of piperidine rings is 1. The highest BCUT2D eigenvalue weighted by Crippen LogP contribution is 2.24. The topological polar surface area (TPSA) is 80.5 Å². The maximum atomic E-state index is 13.1. The van der Waals surface area contributed by atoms with Crippen LogP contribution in [0.4, 0.5) is 0 Å². The summed E-state index contributed by atoms with van der Waals surface area (Å²) in [5, 5.41) is 7.36. The fraction of sp³-hybridized carbons (Fsp3) is 0.400. The van der Waals surface area contributed by atoms with Gasteiger partial charge < -0.3 is 14.6 Å². The smallest absolute Gasteiger partial charge is 0.241 e. The first kappa shape index (κ1) is 23.4. The van der Waals surface area contributed by atoms with E-state index in [0.717, 1.165) is 47.2 Å². The van der Waals surface area contributed by atoms with Gasteiger partial charge in [0.1, 0.15) is 5.75 Å². The van der Waals surface area contributed by atoms with Crippen LogP contribution in [0.5, 0.6) is 5.75 Å². The molecule has 174 valence electrons. The lowest BCUT2D eigenvalue weighted by Crippen LogP contribution is -2.43. The van der Waals surface area contributed by atoms with Crippen LogP contribution >= 0.6 is 15.9 Å². The molecule has 0 saturated carbocycles. The second-order valence-electron chi connectivity index (χ2n) is 8.34. The third-order valence-electron chi connectivity index (χ3n) is 6.03. The van der Waals surface area contributed by atoms with Gasteiger partial charge >= 0.3 is 0 Å². The molecule has 0 spiro atoms. The lowest BCUT2D eigenvalue weighted by atomic mass is 9.95. The lowest BCUT2D eigenvalue weighted by Gasteiger charge is -2.32. The van der Waals surface area contributed by atoms with Crippen molar-refractivity contribution >= 4 is 21.8 Å². The van der Waals surface area contributed by atoms with E-state index in [1.165, 1.54) is 0 Å². The van der Waals surface area contributed by atoms with E-state index in [0.29, 0.717) is 24.8 Å². The summed E-state index contributed by atoms with van der Waals surface area (Å²) in [5.74, 6) is 1.99. The van der Waals surface area contributed by atoms with E-state index >= 15 is 0 Å². The summed E-state index contributed by atoms with van der Waals surface area (Å²) >= 11 is 3.47. The van der Waals surface area contributed by atoms with Gasteiger partial charge in [0.25, 0.3) is 0 Å². The first-order valence-corrected chi connectivity index (χ1v) is 12.1. The van der Waals surface area contributed by atoms with E-state index in [4.69, 9.17) is 9.26 Å². The van der Waals surface area contributed by atoms with Crippen LogP contribution in [0.1, 0.15) is 43.7 Å². The Hall–Kier alpha value is -2.71. The molecule has 0 radical (unpaired) electrons. The number of likely N-dealkylation sites (tertiary alicyclic amines) is 1. The first-order chi connectivity index (χ1) is 16.1. The molecule has 3 aromatic rings. The Morgan fingerprint density at radius 2 is 2.12 bits per heavy atom. The van der Waals surface area contributed by atoms with Gasteiger partial charge in [0, 0.05) is 16.6 Å². The van der Waals surface area contributed by atoms with E-state index in [1.807, 2.05) is 48.5 Å². The Bertz CT molecular complexity index is 1070. The molecule has 1 saturated heterocycles. The van der Waals surface area contributed by atoms with Gasteiger partial charge in [0.2, 0.25) is 17.6 Å². The number of methoxy groups -OCH3 is 1. The van der Waals surface area contributed by atoms with Crippen molar-refractivity contribution in [1.29, 1.82) is 0 Å². The molecular weight excluding hydrogens is 484 g/mol. The maximum absolute atomic E-state index is 13.1. The van der Waals surface area contributed by atoms with Crippen molar-refractivity contribution in [2.45, 2.75) is 38.8 Å². The number of rotatable bonds is 8. The predicted octanol–water partition coefficient (Wildman–Crippen LogP) is 4.99. The number of hydrogen-bond donors (Lipinski definition) is 1. The van der Waals surface area contributed by atoms with Gasteiger partial charge in [-0.2, -0.15) is 4.98 Å². The quantitative estimate of drug-likeness (QED) is 0.458. The molecule has 33 heavy (non-hydrogen) atoms. The minimum atomic E-state index is -0.0569. The van der Waals surface area contributed by atoms with E-state index in [9.17, 15) is 4.79 Å².